The second kappa shape index (κ2) is 6.17. The average Bonchev–Trinajstić information content (AvgIpc) is 3.19. The third-order valence-corrected chi connectivity index (χ3v) is 5.18. The number of hydrogen-bond acceptors (Lipinski definition) is 6. The first-order valence-electron chi connectivity index (χ1n) is 7.36. The SMILES string of the molecule is COc1ccc([N+](=O)[O-])cc1CN1C(=O)NC(C)(c2cccs2)C1=O. The van der Waals surface area contributed by atoms with Crippen molar-refractivity contribution in [2.75, 3.05) is 7.11 Å². The molecule has 0 aliphatic carbocycles. The molecule has 8 nitrogen and oxygen atoms in total. The standard InChI is InChI=1S/C16H15N3O5S/c1-16(13-4-3-7-25-13)14(20)18(15(21)17-16)9-10-8-11(19(22)23)5-6-12(10)24-2/h3-8H,9H2,1-2H3,(H,17,21). The predicted octanol–water partition coefficient (Wildman–Crippen LogP) is 2.63. The van der Waals surface area contributed by atoms with Crippen molar-refractivity contribution in [3.05, 3.63) is 56.3 Å². The monoisotopic (exact) mass is 361 g/mol. The van der Waals surface area contributed by atoms with Crippen molar-refractivity contribution in [1.82, 2.24) is 10.2 Å². The van der Waals surface area contributed by atoms with E-state index in [1.54, 1.807) is 19.1 Å². The van der Waals surface area contributed by atoms with Crippen LogP contribution in [0.15, 0.2) is 35.7 Å². The maximum atomic E-state index is 12.8. The first-order valence-corrected chi connectivity index (χ1v) is 8.24. The molecule has 1 aliphatic heterocycles. The molecular formula is C16H15N3O5S. The van der Waals surface area contributed by atoms with Crippen LogP contribution in [0.4, 0.5) is 10.5 Å². The quantitative estimate of drug-likeness (QED) is 0.501. The Balaban J connectivity index is 1.93. The summed E-state index contributed by atoms with van der Waals surface area (Å²) in [6.07, 6.45) is 0. The highest BCUT2D eigenvalue weighted by atomic mass is 32.1. The van der Waals surface area contributed by atoms with Gasteiger partial charge in [0, 0.05) is 22.6 Å². The van der Waals surface area contributed by atoms with Crippen molar-refractivity contribution >= 4 is 29.0 Å². The number of hydrogen-bond donors (Lipinski definition) is 1. The first kappa shape index (κ1) is 16.9. The Labute approximate surface area is 147 Å². The second-order valence-electron chi connectivity index (χ2n) is 5.68. The van der Waals surface area contributed by atoms with Gasteiger partial charge in [-0.05, 0) is 24.4 Å². The van der Waals surface area contributed by atoms with Crippen molar-refractivity contribution in [3.8, 4) is 5.75 Å². The molecule has 1 saturated heterocycles. The number of urea groups is 1. The molecule has 3 amide bonds. The molecule has 1 unspecified atom stereocenters. The number of non-ortho nitro benzene ring substituents is 1. The maximum Gasteiger partial charge on any atom is 0.325 e. The van der Waals surface area contributed by atoms with Crippen molar-refractivity contribution in [3.63, 3.8) is 0 Å². The maximum absolute atomic E-state index is 12.8. The van der Waals surface area contributed by atoms with Gasteiger partial charge in [0.15, 0.2) is 5.54 Å². The van der Waals surface area contributed by atoms with Crippen LogP contribution in [0.1, 0.15) is 17.4 Å². The summed E-state index contributed by atoms with van der Waals surface area (Å²) in [4.78, 5) is 37.4. The number of imide groups is 1. The molecule has 3 rings (SSSR count). The number of thiophene rings is 1. The van der Waals surface area contributed by atoms with E-state index in [4.69, 9.17) is 4.74 Å². The van der Waals surface area contributed by atoms with Gasteiger partial charge < -0.3 is 10.1 Å². The fraction of sp³-hybridized carbons (Fsp3) is 0.250. The minimum atomic E-state index is -1.14. The molecule has 9 heteroatoms. The van der Waals surface area contributed by atoms with Gasteiger partial charge in [0.2, 0.25) is 0 Å². The van der Waals surface area contributed by atoms with Crippen LogP contribution in [0.25, 0.3) is 0 Å². The minimum absolute atomic E-state index is 0.115. The van der Waals surface area contributed by atoms with E-state index in [2.05, 4.69) is 5.32 Å². The van der Waals surface area contributed by atoms with Crippen LogP contribution in [-0.2, 0) is 16.9 Å². The van der Waals surface area contributed by atoms with E-state index in [1.807, 2.05) is 5.38 Å². The molecule has 2 aromatic rings. The summed E-state index contributed by atoms with van der Waals surface area (Å²) < 4.78 is 5.19. The highest BCUT2D eigenvalue weighted by molar-refractivity contribution is 7.10. The zero-order valence-electron chi connectivity index (χ0n) is 13.5. The third kappa shape index (κ3) is 2.82. The highest BCUT2D eigenvalue weighted by Crippen LogP contribution is 2.34. The van der Waals surface area contributed by atoms with Crippen LogP contribution in [0, 0.1) is 10.1 Å². The van der Waals surface area contributed by atoms with E-state index in [0.29, 0.717) is 11.3 Å². The third-order valence-electron chi connectivity index (χ3n) is 4.09. The highest BCUT2D eigenvalue weighted by Gasteiger charge is 2.49. The number of nitrogens with zero attached hydrogens (tertiary/aromatic N) is 2. The van der Waals surface area contributed by atoms with Crippen LogP contribution in [0.3, 0.4) is 0 Å². The Bertz CT molecular complexity index is 851. The van der Waals surface area contributed by atoms with Crippen LogP contribution in [0.5, 0.6) is 5.75 Å². The zero-order valence-corrected chi connectivity index (χ0v) is 14.3. The molecule has 0 bridgehead atoms. The van der Waals surface area contributed by atoms with Gasteiger partial charge in [0.25, 0.3) is 11.6 Å². The summed E-state index contributed by atoms with van der Waals surface area (Å²) in [6, 6.07) is 7.10. The second-order valence-corrected chi connectivity index (χ2v) is 6.62. The van der Waals surface area contributed by atoms with Gasteiger partial charge in [0.1, 0.15) is 5.75 Å². The van der Waals surface area contributed by atoms with Crippen LogP contribution in [-0.4, -0.2) is 28.9 Å². The predicted molar refractivity (Wildman–Crippen MR) is 90.4 cm³/mol. The lowest BCUT2D eigenvalue weighted by Gasteiger charge is -2.20. The number of benzene rings is 1. The van der Waals surface area contributed by atoms with Gasteiger partial charge in [-0.3, -0.25) is 19.8 Å². The number of methoxy groups -OCH3 is 1. The molecule has 1 fully saturated rings. The minimum Gasteiger partial charge on any atom is -0.496 e. The molecular weight excluding hydrogens is 346 g/mol. The lowest BCUT2D eigenvalue weighted by Crippen LogP contribution is -2.40. The molecule has 2 heterocycles. The molecule has 1 aliphatic rings. The van der Waals surface area contributed by atoms with Gasteiger partial charge in [-0.1, -0.05) is 6.07 Å². The number of ether oxygens (including phenoxy) is 1. The van der Waals surface area contributed by atoms with E-state index in [1.165, 1.54) is 36.6 Å². The molecule has 130 valence electrons. The van der Waals surface area contributed by atoms with Gasteiger partial charge in [0.05, 0.1) is 18.6 Å². The Morgan fingerprint density at radius 3 is 2.72 bits per heavy atom. The Kier molecular flexibility index (Phi) is 4.17. The van der Waals surface area contributed by atoms with Crippen LogP contribution >= 0.6 is 11.3 Å². The lowest BCUT2D eigenvalue weighted by atomic mass is 10.0. The van der Waals surface area contributed by atoms with E-state index >= 15 is 0 Å². The van der Waals surface area contributed by atoms with Crippen molar-refractivity contribution < 1.29 is 19.2 Å². The summed E-state index contributed by atoms with van der Waals surface area (Å²) in [5.74, 6) is -0.0376. The Morgan fingerprint density at radius 2 is 2.12 bits per heavy atom. The van der Waals surface area contributed by atoms with Crippen LogP contribution in [0.2, 0.25) is 0 Å². The van der Waals surface area contributed by atoms with E-state index in [0.717, 1.165) is 9.78 Å². The molecule has 25 heavy (non-hydrogen) atoms. The van der Waals surface area contributed by atoms with E-state index in [9.17, 15) is 19.7 Å². The largest absolute Gasteiger partial charge is 0.496 e. The summed E-state index contributed by atoms with van der Waals surface area (Å²) in [7, 11) is 1.42. The molecule has 1 aromatic heterocycles. The van der Waals surface area contributed by atoms with Gasteiger partial charge in [-0.25, -0.2) is 4.79 Å². The molecule has 1 aromatic carbocycles. The molecule has 1 atom stereocenters. The summed E-state index contributed by atoms with van der Waals surface area (Å²) in [6.45, 7) is 1.53. The van der Waals surface area contributed by atoms with E-state index in [-0.39, 0.29) is 12.2 Å². The molecule has 0 saturated carbocycles. The Hall–Kier alpha value is -2.94. The zero-order chi connectivity index (χ0) is 18.2. The molecule has 0 spiro atoms. The van der Waals surface area contributed by atoms with Gasteiger partial charge in [-0.15, -0.1) is 11.3 Å². The molecule has 0 radical (unpaired) electrons. The normalized spacial score (nSPS) is 19.8. The number of rotatable bonds is 5. The fourth-order valence-corrected chi connectivity index (χ4v) is 3.58. The topological polar surface area (TPSA) is 102 Å². The first-order chi connectivity index (χ1) is 11.9. The van der Waals surface area contributed by atoms with Crippen molar-refractivity contribution in [2.24, 2.45) is 0 Å². The summed E-state index contributed by atoms with van der Waals surface area (Å²) >= 11 is 1.37. The average molecular weight is 361 g/mol. The number of nitro groups is 1. The summed E-state index contributed by atoms with van der Waals surface area (Å²) in [5, 5.41) is 15.5. The number of nitrogens with one attached hydrogen (secondary N) is 1. The number of carbonyl (C=O) groups is 2. The fourth-order valence-electron chi connectivity index (χ4n) is 2.74. The van der Waals surface area contributed by atoms with Crippen molar-refractivity contribution in [2.45, 2.75) is 19.0 Å². The van der Waals surface area contributed by atoms with Gasteiger partial charge in [-0.2, -0.15) is 0 Å². The lowest BCUT2D eigenvalue weighted by molar-refractivity contribution is -0.384. The summed E-state index contributed by atoms with van der Waals surface area (Å²) in [5.41, 5.74) is -0.890. The van der Waals surface area contributed by atoms with E-state index < -0.39 is 22.4 Å². The number of amides is 3. The number of carbonyl (C=O) groups excluding carboxylic acids is 2. The number of nitro benzene ring substituents is 1. The Morgan fingerprint density at radius 1 is 1.36 bits per heavy atom. The molecule has 1 N–H and O–H groups in total. The van der Waals surface area contributed by atoms with Crippen molar-refractivity contribution in [1.29, 1.82) is 0 Å². The van der Waals surface area contributed by atoms with Gasteiger partial charge >= 0.3 is 6.03 Å². The smallest absolute Gasteiger partial charge is 0.325 e. The van der Waals surface area contributed by atoms with Crippen LogP contribution < -0.4 is 10.1 Å².